The number of piperidine rings is 1. The van der Waals surface area contributed by atoms with Crippen molar-refractivity contribution in [1.29, 1.82) is 0 Å². The molecule has 0 saturated carbocycles. The predicted molar refractivity (Wildman–Crippen MR) is 138 cm³/mol. The van der Waals surface area contributed by atoms with Gasteiger partial charge in [-0.15, -0.1) is 0 Å². The lowest BCUT2D eigenvalue weighted by molar-refractivity contribution is -0.159. The maximum absolute atomic E-state index is 12.0. The topological polar surface area (TPSA) is 128 Å². The molecule has 2 aromatic carbocycles. The molecule has 200 valence electrons. The average Bonchev–Trinajstić information content (AvgIpc) is 3.20. The number of likely N-dealkylation sites (tertiary alicyclic amines) is 1. The fraction of sp³-hybridized carbons (Fsp3) is 0.423. The third-order valence-electron chi connectivity index (χ3n) is 6.75. The Morgan fingerprint density at radius 1 is 0.946 bits per heavy atom. The summed E-state index contributed by atoms with van der Waals surface area (Å²) in [6.07, 6.45) is 2.30. The van der Waals surface area contributed by atoms with Gasteiger partial charge in [0.05, 0.1) is 6.54 Å². The first-order valence-electron chi connectivity index (χ1n) is 11.9. The number of likely N-dealkylation sites (N-methyl/N-ethyl adjacent to an activating group) is 1. The zero-order valence-electron chi connectivity index (χ0n) is 20.3. The van der Waals surface area contributed by atoms with Crippen molar-refractivity contribution in [1.82, 2.24) is 9.80 Å². The lowest BCUT2D eigenvalue weighted by atomic mass is 9.72. The highest BCUT2D eigenvalue weighted by Crippen LogP contribution is 2.42. The van der Waals surface area contributed by atoms with E-state index in [-0.39, 0.29) is 18.1 Å². The molecule has 2 saturated heterocycles. The zero-order valence-corrected chi connectivity index (χ0v) is 21.9. The molecule has 2 aliphatic heterocycles. The van der Waals surface area contributed by atoms with E-state index in [2.05, 4.69) is 4.90 Å². The van der Waals surface area contributed by atoms with Gasteiger partial charge in [0.1, 0.15) is 11.7 Å². The molecule has 9 nitrogen and oxygen atoms in total. The highest BCUT2D eigenvalue weighted by molar-refractivity contribution is 6.30. The van der Waals surface area contributed by atoms with E-state index < -0.39 is 17.5 Å². The van der Waals surface area contributed by atoms with Crippen LogP contribution < -0.4 is 0 Å². The molecule has 2 fully saturated rings. The third-order valence-corrected chi connectivity index (χ3v) is 7.26. The smallest absolute Gasteiger partial charge is 0.414 e. The van der Waals surface area contributed by atoms with E-state index in [0.717, 1.165) is 50.0 Å². The molecule has 0 aromatic heterocycles. The van der Waals surface area contributed by atoms with Gasteiger partial charge in [-0.25, -0.2) is 14.4 Å². The number of carboxylic acid groups (broad SMARTS) is 2. The van der Waals surface area contributed by atoms with Crippen LogP contribution in [0.25, 0.3) is 0 Å². The van der Waals surface area contributed by atoms with Crippen LogP contribution in [0.4, 0.5) is 4.79 Å². The van der Waals surface area contributed by atoms with Gasteiger partial charge in [0.2, 0.25) is 0 Å². The molecule has 0 aliphatic carbocycles. The van der Waals surface area contributed by atoms with E-state index in [1.165, 1.54) is 0 Å². The normalized spacial score (nSPS) is 18.6. The first kappa shape index (κ1) is 28.7. The van der Waals surface area contributed by atoms with E-state index in [1.807, 2.05) is 48.5 Å². The van der Waals surface area contributed by atoms with Crippen LogP contribution in [0.3, 0.4) is 0 Å². The molecule has 1 atom stereocenters. The van der Waals surface area contributed by atoms with Crippen molar-refractivity contribution in [2.75, 3.05) is 33.2 Å². The summed E-state index contributed by atoms with van der Waals surface area (Å²) in [6.45, 7) is 3.33. The average molecular weight is 553 g/mol. The summed E-state index contributed by atoms with van der Waals surface area (Å²) in [7, 11) is 1.77. The number of carbonyl (C=O) groups is 3. The number of aliphatic carboxylic acids is 2. The number of nitrogens with zero attached hydrogens (tertiary/aromatic N) is 2. The van der Waals surface area contributed by atoms with Crippen molar-refractivity contribution in [2.45, 2.75) is 31.0 Å². The van der Waals surface area contributed by atoms with Crippen LogP contribution in [-0.4, -0.2) is 82.5 Å². The van der Waals surface area contributed by atoms with Crippen molar-refractivity contribution in [3.05, 3.63) is 69.7 Å². The van der Waals surface area contributed by atoms with E-state index in [9.17, 15) is 9.90 Å². The van der Waals surface area contributed by atoms with Crippen LogP contribution in [0.2, 0.25) is 10.0 Å². The molecule has 1 amide bonds. The fourth-order valence-electron chi connectivity index (χ4n) is 4.75. The number of halogens is 2. The summed E-state index contributed by atoms with van der Waals surface area (Å²) in [5, 5.41) is 28.1. The Balaban J connectivity index is 0.000000568. The van der Waals surface area contributed by atoms with Crippen LogP contribution in [0.15, 0.2) is 48.5 Å². The second-order valence-electron chi connectivity index (χ2n) is 9.18. The Kier molecular flexibility index (Phi) is 9.78. The predicted octanol–water partition coefficient (Wildman–Crippen LogP) is 3.94. The van der Waals surface area contributed by atoms with Crippen LogP contribution >= 0.6 is 23.2 Å². The number of hydrogen-bond donors (Lipinski definition) is 3. The van der Waals surface area contributed by atoms with Gasteiger partial charge in [0, 0.05) is 23.6 Å². The van der Waals surface area contributed by atoms with Crippen molar-refractivity contribution >= 4 is 41.2 Å². The quantitative estimate of drug-likeness (QED) is 0.460. The van der Waals surface area contributed by atoms with Crippen LogP contribution in [0.1, 0.15) is 30.4 Å². The standard InChI is InChI=1S/C24H28Cl2N2O3.C2H2O4/c1-27-16-22(31-23(27)29)12-15-28-13-10-19(11-14-28)24(30,17-2-6-20(25)7-3-17)18-4-8-21(26)9-5-18;3-1(4)2(5)6/h2-9,19,22,30H,10-16H2,1H3;(H,3,4)(H,5,6). The molecule has 37 heavy (non-hydrogen) atoms. The highest BCUT2D eigenvalue weighted by Gasteiger charge is 2.41. The van der Waals surface area contributed by atoms with Gasteiger partial charge in [-0.2, -0.15) is 0 Å². The van der Waals surface area contributed by atoms with Gasteiger partial charge in [-0.1, -0.05) is 47.5 Å². The number of rotatable bonds is 6. The number of aliphatic hydroxyl groups is 1. The molecule has 2 aromatic rings. The SMILES string of the molecule is CN1CC(CCN2CCC(C(O)(c3ccc(Cl)cc3)c3ccc(Cl)cc3)CC2)OC1=O.O=C(O)C(=O)O. The number of carboxylic acids is 2. The van der Waals surface area contributed by atoms with E-state index in [1.54, 1.807) is 11.9 Å². The number of cyclic esters (lactones) is 1. The summed E-state index contributed by atoms with van der Waals surface area (Å²) < 4.78 is 5.37. The number of carbonyl (C=O) groups excluding carboxylic acids is 1. The zero-order chi connectivity index (χ0) is 27.2. The van der Waals surface area contributed by atoms with Crippen LogP contribution in [0.5, 0.6) is 0 Å². The lowest BCUT2D eigenvalue weighted by Crippen LogP contribution is -2.44. The molecular formula is C26H30Cl2N2O7. The van der Waals surface area contributed by atoms with Gasteiger partial charge in [0.15, 0.2) is 0 Å². The van der Waals surface area contributed by atoms with Crippen molar-refractivity contribution < 1.29 is 34.4 Å². The highest BCUT2D eigenvalue weighted by atomic mass is 35.5. The molecule has 0 bridgehead atoms. The first-order chi connectivity index (χ1) is 17.5. The maximum atomic E-state index is 12.0. The minimum Gasteiger partial charge on any atom is -0.473 e. The molecular weight excluding hydrogens is 523 g/mol. The van der Waals surface area contributed by atoms with Gasteiger partial charge in [-0.05, 0) is 73.7 Å². The molecule has 2 aliphatic rings. The van der Waals surface area contributed by atoms with Crippen molar-refractivity contribution in [2.24, 2.45) is 5.92 Å². The Labute approximate surface area is 225 Å². The minimum atomic E-state index is -1.82. The summed E-state index contributed by atoms with van der Waals surface area (Å²) in [5.74, 6) is -3.58. The second-order valence-corrected chi connectivity index (χ2v) is 10.1. The summed E-state index contributed by atoms with van der Waals surface area (Å²) in [4.78, 5) is 33.8. The first-order valence-corrected chi connectivity index (χ1v) is 12.6. The fourth-order valence-corrected chi connectivity index (χ4v) is 5.00. The lowest BCUT2D eigenvalue weighted by Gasteiger charge is -2.42. The number of hydrogen-bond acceptors (Lipinski definition) is 6. The van der Waals surface area contributed by atoms with E-state index >= 15 is 0 Å². The summed E-state index contributed by atoms with van der Waals surface area (Å²) in [5.41, 5.74) is 0.586. The second kappa shape index (κ2) is 12.6. The number of ether oxygens (including phenoxy) is 1. The van der Waals surface area contributed by atoms with Crippen LogP contribution in [0, 0.1) is 5.92 Å². The van der Waals surface area contributed by atoms with E-state index in [4.69, 9.17) is 47.7 Å². The Morgan fingerprint density at radius 3 is 1.78 bits per heavy atom. The molecule has 0 radical (unpaired) electrons. The Morgan fingerprint density at radius 2 is 1.41 bits per heavy atom. The Hall–Kier alpha value is -2.85. The molecule has 2 heterocycles. The van der Waals surface area contributed by atoms with Gasteiger partial charge < -0.3 is 29.9 Å². The largest absolute Gasteiger partial charge is 0.473 e. The molecule has 0 spiro atoms. The number of benzene rings is 2. The van der Waals surface area contributed by atoms with Crippen molar-refractivity contribution in [3.63, 3.8) is 0 Å². The van der Waals surface area contributed by atoms with Gasteiger partial charge in [-0.3, -0.25) is 0 Å². The minimum absolute atomic E-state index is 0.0321. The summed E-state index contributed by atoms with van der Waals surface area (Å²) in [6, 6.07) is 14.9. The van der Waals surface area contributed by atoms with Crippen LogP contribution in [-0.2, 0) is 19.9 Å². The molecule has 4 rings (SSSR count). The monoisotopic (exact) mass is 552 g/mol. The molecule has 3 N–H and O–H groups in total. The maximum Gasteiger partial charge on any atom is 0.414 e. The summed E-state index contributed by atoms with van der Waals surface area (Å²) >= 11 is 12.2. The number of amides is 1. The van der Waals surface area contributed by atoms with Gasteiger partial charge >= 0.3 is 18.0 Å². The van der Waals surface area contributed by atoms with Crippen molar-refractivity contribution in [3.8, 4) is 0 Å². The third kappa shape index (κ3) is 7.35. The van der Waals surface area contributed by atoms with E-state index in [0.29, 0.717) is 16.6 Å². The molecule has 1 unspecified atom stereocenters. The molecule has 11 heteroatoms. The Bertz CT molecular complexity index is 1030. The van der Waals surface area contributed by atoms with Gasteiger partial charge in [0.25, 0.3) is 0 Å².